The minimum Gasteiger partial charge on any atom is -0.317 e. The van der Waals surface area contributed by atoms with Crippen molar-refractivity contribution in [1.82, 2.24) is 9.13 Å². The first-order valence-corrected chi connectivity index (χ1v) is 18.4. The van der Waals surface area contributed by atoms with Crippen LogP contribution in [0.25, 0.3) is 77.7 Å². The Morgan fingerprint density at radius 1 is 0.386 bits per heavy atom. The van der Waals surface area contributed by atoms with E-state index in [9.17, 15) is 21.0 Å². The Labute approximate surface area is 329 Å². The molecular weight excluding hydrogens is 697 g/mol. The molecule has 2 heterocycles. The van der Waals surface area contributed by atoms with Crippen molar-refractivity contribution in [2.24, 2.45) is 0 Å². The average molecular weight is 727 g/mol. The molecule has 0 unspecified atom stereocenters. The lowest BCUT2D eigenvalue weighted by atomic mass is 9.84. The molecule has 0 saturated heterocycles. The molecule has 0 aliphatic rings. The van der Waals surface area contributed by atoms with Gasteiger partial charge in [0.1, 0.15) is 0 Å². The van der Waals surface area contributed by atoms with Gasteiger partial charge in [0.2, 0.25) is 0 Å². The number of benzene rings is 7. The average Bonchev–Trinajstić information content (AvgIpc) is 3.91. The Kier molecular flexibility index (Phi) is 8.50. The second kappa shape index (κ2) is 14.1. The predicted molar refractivity (Wildman–Crippen MR) is 225 cm³/mol. The first kappa shape index (κ1) is 34.4. The van der Waals surface area contributed by atoms with E-state index >= 15 is 0 Å². The van der Waals surface area contributed by atoms with Gasteiger partial charge in [-0.2, -0.15) is 21.0 Å². The molecule has 0 saturated carbocycles. The second-order valence-corrected chi connectivity index (χ2v) is 14.0. The van der Waals surface area contributed by atoms with E-state index < -0.39 is 0 Å². The zero-order valence-corrected chi connectivity index (χ0v) is 30.8. The molecule has 0 spiro atoms. The quantitative estimate of drug-likeness (QED) is 0.170. The summed E-state index contributed by atoms with van der Waals surface area (Å²) in [5, 5.41) is 42.2. The van der Waals surface area contributed by atoms with Crippen LogP contribution in [0.15, 0.2) is 164 Å². The van der Waals surface area contributed by atoms with E-state index in [0.29, 0.717) is 33.4 Å². The maximum absolute atomic E-state index is 9.98. The molecule has 0 aliphatic heterocycles. The minimum atomic E-state index is 0.357. The predicted octanol–water partition coefficient (Wildman–Crippen LogP) is 12.0. The Balaban J connectivity index is 1.29. The van der Waals surface area contributed by atoms with Crippen molar-refractivity contribution in [1.29, 1.82) is 21.0 Å². The van der Waals surface area contributed by atoms with E-state index in [2.05, 4.69) is 156 Å². The molecule has 0 bridgehead atoms. The van der Waals surface area contributed by atoms with Crippen molar-refractivity contribution in [3.8, 4) is 80.2 Å². The number of para-hydroxylation sites is 2. The van der Waals surface area contributed by atoms with Gasteiger partial charge in [0.15, 0.2) is 0 Å². The van der Waals surface area contributed by atoms with Crippen LogP contribution < -0.4 is 0 Å². The normalized spacial score (nSPS) is 10.8. The van der Waals surface area contributed by atoms with Gasteiger partial charge in [-0.1, -0.05) is 60.7 Å². The fourth-order valence-electron chi connectivity index (χ4n) is 7.88. The topological polar surface area (TPSA) is 105 Å². The molecule has 6 heteroatoms. The summed E-state index contributed by atoms with van der Waals surface area (Å²) in [4.78, 5) is 0. The van der Waals surface area contributed by atoms with Crippen LogP contribution in [0.5, 0.6) is 0 Å². The van der Waals surface area contributed by atoms with Crippen LogP contribution in [-0.4, -0.2) is 9.13 Å². The van der Waals surface area contributed by atoms with E-state index in [0.717, 1.165) is 61.2 Å². The van der Waals surface area contributed by atoms with Gasteiger partial charge in [0.25, 0.3) is 0 Å². The van der Waals surface area contributed by atoms with E-state index in [-0.39, 0.29) is 0 Å². The standard InChI is InChI=1S/C51H30N6/c1-33-5-4-7-41-18-20-57(51(33)41)45-15-11-39(12-16-45)47-28-49(43-25-36(31-54)22-37(26-43)32-55)48(42-23-34(29-52)21-35(24-42)30-53)27-46(47)38-9-13-44(14-10-38)56-19-17-40-6-2-3-8-50(40)56/h2-28H,1H3. The number of fused-ring (bicyclic) bond motifs is 2. The molecule has 0 atom stereocenters. The second-order valence-electron chi connectivity index (χ2n) is 14.0. The molecule has 0 N–H and O–H groups in total. The summed E-state index contributed by atoms with van der Waals surface area (Å²) in [7, 11) is 0. The molecule has 57 heavy (non-hydrogen) atoms. The highest BCUT2D eigenvalue weighted by Gasteiger charge is 2.19. The lowest BCUT2D eigenvalue weighted by Gasteiger charge is -2.19. The van der Waals surface area contributed by atoms with Gasteiger partial charge in [0.05, 0.1) is 57.6 Å². The number of nitriles is 4. The van der Waals surface area contributed by atoms with Crippen LogP contribution in [-0.2, 0) is 0 Å². The lowest BCUT2D eigenvalue weighted by molar-refractivity contribution is 1.12. The number of rotatable bonds is 6. The van der Waals surface area contributed by atoms with E-state index in [4.69, 9.17) is 0 Å². The summed E-state index contributed by atoms with van der Waals surface area (Å²) in [6.45, 7) is 2.12. The van der Waals surface area contributed by atoms with Crippen molar-refractivity contribution in [2.45, 2.75) is 6.92 Å². The third-order valence-corrected chi connectivity index (χ3v) is 10.6. The first-order valence-electron chi connectivity index (χ1n) is 18.4. The minimum absolute atomic E-state index is 0.357. The van der Waals surface area contributed by atoms with Crippen molar-refractivity contribution in [3.05, 3.63) is 192 Å². The molecule has 264 valence electrons. The molecule has 2 aromatic heterocycles. The smallest absolute Gasteiger partial charge is 0.0992 e. The van der Waals surface area contributed by atoms with Gasteiger partial charge < -0.3 is 9.13 Å². The number of hydrogen-bond acceptors (Lipinski definition) is 4. The Morgan fingerprint density at radius 2 is 0.825 bits per heavy atom. The molecule has 0 aliphatic carbocycles. The van der Waals surface area contributed by atoms with Crippen molar-refractivity contribution in [2.75, 3.05) is 0 Å². The Morgan fingerprint density at radius 3 is 1.35 bits per heavy atom. The monoisotopic (exact) mass is 726 g/mol. The summed E-state index contributed by atoms with van der Waals surface area (Å²) < 4.78 is 4.38. The van der Waals surface area contributed by atoms with E-state index in [1.165, 1.54) is 10.9 Å². The molecule has 7 aromatic carbocycles. The van der Waals surface area contributed by atoms with Crippen LogP contribution in [0.3, 0.4) is 0 Å². The highest BCUT2D eigenvalue weighted by atomic mass is 15.0. The van der Waals surface area contributed by atoms with Gasteiger partial charge in [-0.15, -0.1) is 0 Å². The van der Waals surface area contributed by atoms with Crippen LogP contribution in [0, 0.1) is 52.2 Å². The SMILES string of the molecule is Cc1cccc2ccn(-c3ccc(-c4cc(-c5cc(C#N)cc(C#N)c5)c(-c5cc(C#N)cc(C#N)c5)cc4-c4ccc(-n5ccc6ccccc65)cc4)cc3)c12. The maximum atomic E-state index is 9.98. The third-order valence-electron chi connectivity index (χ3n) is 10.6. The number of hydrogen-bond donors (Lipinski definition) is 0. The molecule has 6 nitrogen and oxygen atoms in total. The third kappa shape index (κ3) is 6.17. The largest absolute Gasteiger partial charge is 0.317 e. The fourth-order valence-corrected chi connectivity index (χ4v) is 7.88. The van der Waals surface area contributed by atoms with Crippen LogP contribution in [0.2, 0.25) is 0 Å². The number of aryl methyl sites for hydroxylation is 1. The highest BCUT2D eigenvalue weighted by Crippen LogP contribution is 2.43. The van der Waals surface area contributed by atoms with Gasteiger partial charge >= 0.3 is 0 Å². The molecule has 0 fully saturated rings. The van der Waals surface area contributed by atoms with Gasteiger partial charge in [-0.25, -0.2) is 0 Å². The summed E-state index contributed by atoms with van der Waals surface area (Å²) in [5.74, 6) is 0. The van der Waals surface area contributed by atoms with Gasteiger partial charge in [0, 0.05) is 29.2 Å². The number of nitrogens with zero attached hydrogens (tertiary/aromatic N) is 6. The van der Waals surface area contributed by atoms with Crippen molar-refractivity contribution >= 4 is 21.8 Å². The summed E-state index contributed by atoms with van der Waals surface area (Å²) in [5.41, 5.74) is 13.6. The molecule has 0 amide bonds. The van der Waals surface area contributed by atoms with E-state index in [1.807, 2.05) is 12.1 Å². The molecule has 9 rings (SSSR count). The summed E-state index contributed by atoms with van der Waals surface area (Å²) >= 11 is 0. The Bertz CT molecular complexity index is 3160. The Hall–Kier alpha value is -8.42. The van der Waals surface area contributed by atoms with E-state index in [1.54, 1.807) is 36.4 Å². The van der Waals surface area contributed by atoms with Crippen LogP contribution in [0.1, 0.15) is 27.8 Å². The number of aromatic nitrogens is 2. The molecular formula is C51H30N6. The molecule has 9 aromatic rings. The van der Waals surface area contributed by atoms with Gasteiger partial charge in [-0.3, -0.25) is 0 Å². The van der Waals surface area contributed by atoms with Crippen LogP contribution in [0.4, 0.5) is 0 Å². The maximum Gasteiger partial charge on any atom is 0.0992 e. The summed E-state index contributed by atoms with van der Waals surface area (Å²) in [6, 6.07) is 59.1. The molecule has 0 radical (unpaired) electrons. The lowest BCUT2D eigenvalue weighted by Crippen LogP contribution is -1.96. The van der Waals surface area contributed by atoms with Crippen molar-refractivity contribution in [3.63, 3.8) is 0 Å². The first-order chi connectivity index (χ1) is 27.9. The van der Waals surface area contributed by atoms with Crippen molar-refractivity contribution < 1.29 is 0 Å². The zero-order chi connectivity index (χ0) is 39.0. The summed E-state index contributed by atoms with van der Waals surface area (Å²) in [6.07, 6.45) is 4.18. The fraction of sp³-hybridized carbons (Fsp3) is 0.0196. The van der Waals surface area contributed by atoms with Gasteiger partial charge in [-0.05, 0) is 153 Å². The van der Waals surface area contributed by atoms with Crippen LogP contribution >= 0.6 is 0 Å². The highest BCUT2D eigenvalue weighted by molar-refractivity contribution is 5.96. The zero-order valence-electron chi connectivity index (χ0n) is 30.8.